The van der Waals surface area contributed by atoms with Crippen LogP contribution >= 0.6 is 0 Å². The standard InChI is InChI=1S/C56H111NO8/c1-3-5-7-9-11-13-14-15-16-17-18-19-20-21-22-23-24-25-26-27-28-29-30-31-32-33-34-35-36-37-38-40-42-44-46-52(60)57-49(50(59)45-43-41-39-12-10-8-6-4-2)48-64-56-55(63)54(62)53(61)51(47-58)65-56/h49-51,53-56,58-59,61-63H,3-48H2,1-2H3,(H,57,60). The van der Waals surface area contributed by atoms with Crippen LogP contribution in [0.2, 0.25) is 0 Å². The first-order valence-electron chi connectivity index (χ1n) is 28.7. The van der Waals surface area contributed by atoms with Crippen LogP contribution in [0.3, 0.4) is 0 Å². The first-order chi connectivity index (χ1) is 31.8. The van der Waals surface area contributed by atoms with E-state index in [9.17, 15) is 30.3 Å². The lowest BCUT2D eigenvalue weighted by Gasteiger charge is -2.40. The topological polar surface area (TPSA) is 149 Å². The van der Waals surface area contributed by atoms with Crippen LogP contribution in [0, 0.1) is 0 Å². The molecular weight excluding hydrogens is 815 g/mol. The highest BCUT2D eigenvalue weighted by Crippen LogP contribution is 2.23. The number of carbonyl (C=O) groups is 1. The SMILES string of the molecule is CCCCCCCCCCCCCCCCCCCCCCCCCCCCCCCCCCCCC(=O)NC(COC1OC(CO)C(O)C(O)C1O)C(O)CCCCCCCCCC. The third-order valence-corrected chi connectivity index (χ3v) is 14.2. The number of hydrogen-bond donors (Lipinski definition) is 6. The van der Waals surface area contributed by atoms with E-state index in [1.165, 1.54) is 231 Å². The maximum absolute atomic E-state index is 13.0. The Kier molecular flexibility index (Phi) is 44.9. The largest absolute Gasteiger partial charge is 0.394 e. The maximum atomic E-state index is 13.0. The average Bonchev–Trinajstić information content (AvgIpc) is 3.31. The van der Waals surface area contributed by atoms with Crippen molar-refractivity contribution < 1.29 is 39.8 Å². The summed E-state index contributed by atoms with van der Waals surface area (Å²) in [6.45, 7) is 3.83. The number of rotatable bonds is 50. The van der Waals surface area contributed by atoms with Gasteiger partial charge in [0.25, 0.3) is 0 Å². The molecule has 6 N–H and O–H groups in total. The molecule has 65 heavy (non-hydrogen) atoms. The molecular formula is C56H111NO8. The number of hydrogen-bond acceptors (Lipinski definition) is 8. The second-order valence-electron chi connectivity index (χ2n) is 20.5. The van der Waals surface area contributed by atoms with Crippen LogP contribution in [0.4, 0.5) is 0 Å². The number of ether oxygens (including phenoxy) is 2. The highest BCUT2D eigenvalue weighted by Gasteiger charge is 2.44. The second kappa shape index (κ2) is 46.9. The Balaban J connectivity index is 1.99. The Morgan fingerprint density at radius 3 is 1.09 bits per heavy atom. The normalized spacial score (nSPS) is 19.8. The molecule has 0 saturated carbocycles. The molecule has 0 bridgehead atoms. The molecule has 7 atom stereocenters. The van der Waals surface area contributed by atoms with E-state index < -0.39 is 49.5 Å². The van der Waals surface area contributed by atoms with E-state index in [1.807, 2.05) is 0 Å². The summed E-state index contributed by atoms with van der Waals surface area (Å²) in [7, 11) is 0. The quantitative estimate of drug-likeness (QED) is 0.0330. The molecule has 0 aromatic carbocycles. The highest BCUT2D eigenvalue weighted by molar-refractivity contribution is 5.76. The summed E-state index contributed by atoms with van der Waals surface area (Å²) < 4.78 is 11.2. The van der Waals surface area contributed by atoms with E-state index in [4.69, 9.17) is 9.47 Å². The molecule has 0 aliphatic carbocycles. The maximum Gasteiger partial charge on any atom is 0.220 e. The predicted molar refractivity (Wildman–Crippen MR) is 272 cm³/mol. The minimum absolute atomic E-state index is 0.133. The Morgan fingerprint density at radius 1 is 0.462 bits per heavy atom. The first-order valence-corrected chi connectivity index (χ1v) is 28.7. The zero-order valence-electron chi connectivity index (χ0n) is 43.0. The lowest BCUT2D eigenvalue weighted by Crippen LogP contribution is -2.60. The molecule has 1 amide bonds. The van der Waals surface area contributed by atoms with Gasteiger partial charge in [-0.05, 0) is 12.8 Å². The van der Waals surface area contributed by atoms with Crippen molar-refractivity contribution in [2.45, 2.75) is 339 Å². The number of aliphatic hydroxyl groups excluding tert-OH is 5. The molecule has 1 aliphatic heterocycles. The molecule has 388 valence electrons. The zero-order valence-corrected chi connectivity index (χ0v) is 43.0. The van der Waals surface area contributed by atoms with Gasteiger partial charge in [-0.3, -0.25) is 4.79 Å². The fourth-order valence-electron chi connectivity index (χ4n) is 9.64. The number of carbonyl (C=O) groups excluding carboxylic acids is 1. The van der Waals surface area contributed by atoms with Crippen molar-refractivity contribution in [1.82, 2.24) is 5.32 Å². The average molecular weight is 927 g/mol. The predicted octanol–water partition coefficient (Wildman–Crippen LogP) is 13.9. The molecule has 1 rings (SSSR count). The Hall–Kier alpha value is -0.810. The Morgan fingerprint density at radius 2 is 0.769 bits per heavy atom. The van der Waals surface area contributed by atoms with E-state index in [-0.39, 0.29) is 12.5 Å². The van der Waals surface area contributed by atoms with Gasteiger partial charge >= 0.3 is 0 Å². The number of unbranched alkanes of at least 4 members (excludes halogenated alkanes) is 40. The lowest BCUT2D eigenvalue weighted by molar-refractivity contribution is -0.302. The van der Waals surface area contributed by atoms with Gasteiger partial charge in [0.2, 0.25) is 5.91 Å². The minimum atomic E-state index is -1.55. The summed E-state index contributed by atoms with van der Waals surface area (Å²) in [5.41, 5.74) is 0. The zero-order chi connectivity index (χ0) is 47.3. The third-order valence-electron chi connectivity index (χ3n) is 14.2. The van der Waals surface area contributed by atoms with Crippen molar-refractivity contribution in [3.05, 3.63) is 0 Å². The van der Waals surface area contributed by atoms with Crippen LogP contribution in [-0.4, -0.2) is 87.5 Å². The number of aliphatic hydroxyl groups is 5. The van der Waals surface area contributed by atoms with E-state index in [2.05, 4.69) is 19.2 Å². The van der Waals surface area contributed by atoms with Crippen LogP contribution in [0.15, 0.2) is 0 Å². The molecule has 0 aromatic rings. The monoisotopic (exact) mass is 926 g/mol. The van der Waals surface area contributed by atoms with Gasteiger partial charge in [0, 0.05) is 6.42 Å². The fraction of sp³-hybridized carbons (Fsp3) is 0.982. The molecule has 9 heteroatoms. The second-order valence-corrected chi connectivity index (χ2v) is 20.5. The van der Waals surface area contributed by atoms with Crippen molar-refractivity contribution in [2.24, 2.45) is 0 Å². The Bertz CT molecular complexity index is 986. The van der Waals surface area contributed by atoms with Gasteiger partial charge < -0.3 is 40.3 Å². The minimum Gasteiger partial charge on any atom is -0.394 e. The van der Waals surface area contributed by atoms with Crippen molar-refractivity contribution in [3.63, 3.8) is 0 Å². The number of nitrogens with one attached hydrogen (secondary N) is 1. The van der Waals surface area contributed by atoms with Gasteiger partial charge in [-0.2, -0.15) is 0 Å². The molecule has 7 unspecified atom stereocenters. The molecule has 1 fully saturated rings. The highest BCUT2D eigenvalue weighted by atomic mass is 16.7. The summed E-state index contributed by atoms with van der Waals surface area (Å²) >= 11 is 0. The molecule has 0 aromatic heterocycles. The van der Waals surface area contributed by atoms with Gasteiger partial charge in [-0.1, -0.05) is 277 Å². The summed E-state index contributed by atoms with van der Waals surface area (Å²) in [6, 6.07) is -0.711. The fourth-order valence-corrected chi connectivity index (χ4v) is 9.64. The van der Waals surface area contributed by atoms with Crippen LogP contribution in [0.25, 0.3) is 0 Å². The van der Waals surface area contributed by atoms with Crippen molar-refractivity contribution in [3.8, 4) is 0 Å². The molecule has 1 saturated heterocycles. The third kappa shape index (κ3) is 36.8. The van der Waals surface area contributed by atoms with E-state index in [1.54, 1.807) is 0 Å². The van der Waals surface area contributed by atoms with Gasteiger partial charge in [-0.25, -0.2) is 0 Å². The summed E-state index contributed by atoms with van der Waals surface area (Å²) in [5, 5.41) is 54.3. The molecule has 1 heterocycles. The summed E-state index contributed by atoms with van der Waals surface area (Å²) in [4.78, 5) is 13.0. The van der Waals surface area contributed by atoms with Crippen molar-refractivity contribution in [1.29, 1.82) is 0 Å². The van der Waals surface area contributed by atoms with E-state index >= 15 is 0 Å². The first kappa shape index (κ1) is 62.2. The van der Waals surface area contributed by atoms with Crippen LogP contribution in [0.5, 0.6) is 0 Å². The Labute approximate surface area is 402 Å². The van der Waals surface area contributed by atoms with Gasteiger partial charge in [0.15, 0.2) is 6.29 Å². The molecule has 0 radical (unpaired) electrons. The van der Waals surface area contributed by atoms with Crippen molar-refractivity contribution >= 4 is 5.91 Å². The molecule has 0 spiro atoms. The van der Waals surface area contributed by atoms with Gasteiger partial charge in [0.1, 0.15) is 24.4 Å². The molecule has 1 aliphatic rings. The van der Waals surface area contributed by atoms with Gasteiger partial charge in [0.05, 0.1) is 25.4 Å². The van der Waals surface area contributed by atoms with E-state index in [0.29, 0.717) is 12.8 Å². The lowest BCUT2D eigenvalue weighted by atomic mass is 9.99. The van der Waals surface area contributed by atoms with Crippen LogP contribution in [-0.2, 0) is 14.3 Å². The van der Waals surface area contributed by atoms with Crippen LogP contribution < -0.4 is 5.32 Å². The van der Waals surface area contributed by atoms with Gasteiger partial charge in [-0.15, -0.1) is 0 Å². The number of amides is 1. The smallest absolute Gasteiger partial charge is 0.220 e. The van der Waals surface area contributed by atoms with E-state index in [0.717, 1.165) is 38.5 Å². The molecule has 9 nitrogen and oxygen atoms in total. The van der Waals surface area contributed by atoms with Crippen LogP contribution in [0.1, 0.15) is 296 Å². The summed E-state index contributed by atoms with van der Waals surface area (Å²) in [5.74, 6) is -0.140. The van der Waals surface area contributed by atoms with Crippen molar-refractivity contribution in [2.75, 3.05) is 13.2 Å². The summed E-state index contributed by atoms with van der Waals surface area (Å²) in [6.07, 6.45) is 49.0.